The zero-order valence-electron chi connectivity index (χ0n) is 9.49. The second-order valence-electron chi connectivity index (χ2n) is 3.48. The SMILES string of the molecule is COCC(Cl)CNS(=O)(=O)c1ccc(F)cc1F. The number of alkyl halides is 1. The van der Waals surface area contributed by atoms with Gasteiger partial charge in [0.2, 0.25) is 10.0 Å². The van der Waals surface area contributed by atoms with Gasteiger partial charge in [0.05, 0.1) is 12.0 Å². The number of benzene rings is 1. The Morgan fingerprint density at radius 2 is 2.11 bits per heavy atom. The van der Waals surface area contributed by atoms with Gasteiger partial charge >= 0.3 is 0 Å². The molecule has 0 radical (unpaired) electrons. The zero-order valence-corrected chi connectivity index (χ0v) is 11.1. The second-order valence-corrected chi connectivity index (χ2v) is 5.83. The van der Waals surface area contributed by atoms with Crippen molar-refractivity contribution >= 4 is 21.6 Å². The van der Waals surface area contributed by atoms with Crippen LogP contribution in [0.2, 0.25) is 0 Å². The van der Waals surface area contributed by atoms with Crippen LogP contribution in [0.15, 0.2) is 23.1 Å². The molecule has 0 heterocycles. The highest BCUT2D eigenvalue weighted by Gasteiger charge is 2.20. The number of hydrogen-bond donors (Lipinski definition) is 1. The van der Waals surface area contributed by atoms with Gasteiger partial charge in [-0.15, -0.1) is 11.6 Å². The van der Waals surface area contributed by atoms with Crippen molar-refractivity contribution in [3.63, 3.8) is 0 Å². The number of hydrogen-bond acceptors (Lipinski definition) is 3. The van der Waals surface area contributed by atoms with Crippen molar-refractivity contribution in [2.45, 2.75) is 10.3 Å². The lowest BCUT2D eigenvalue weighted by Crippen LogP contribution is -2.32. The molecule has 1 N–H and O–H groups in total. The van der Waals surface area contributed by atoms with Crippen LogP contribution in [0.25, 0.3) is 0 Å². The average molecular weight is 300 g/mol. The highest BCUT2D eigenvalue weighted by Crippen LogP contribution is 2.15. The van der Waals surface area contributed by atoms with Crippen molar-refractivity contribution < 1.29 is 21.9 Å². The molecule has 102 valence electrons. The molecule has 8 heteroatoms. The molecule has 0 amide bonds. The summed E-state index contributed by atoms with van der Waals surface area (Å²) in [7, 11) is -2.63. The van der Waals surface area contributed by atoms with Gasteiger partial charge in [-0.1, -0.05) is 0 Å². The largest absolute Gasteiger partial charge is 0.383 e. The van der Waals surface area contributed by atoms with Crippen molar-refractivity contribution in [1.82, 2.24) is 4.72 Å². The first-order valence-electron chi connectivity index (χ1n) is 4.94. The third kappa shape index (κ3) is 4.16. The summed E-state index contributed by atoms with van der Waals surface area (Å²) in [5.41, 5.74) is 0. The minimum Gasteiger partial charge on any atom is -0.383 e. The van der Waals surface area contributed by atoms with E-state index in [0.29, 0.717) is 6.07 Å². The summed E-state index contributed by atoms with van der Waals surface area (Å²) in [5, 5.41) is -0.576. The normalized spacial score (nSPS) is 13.6. The molecule has 0 aromatic heterocycles. The van der Waals surface area contributed by atoms with Crippen LogP contribution in [0.1, 0.15) is 0 Å². The van der Waals surface area contributed by atoms with E-state index in [0.717, 1.165) is 12.1 Å². The minimum atomic E-state index is -4.05. The summed E-state index contributed by atoms with van der Waals surface area (Å²) in [6.45, 7) is 0.0323. The maximum Gasteiger partial charge on any atom is 0.243 e. The van der Waals surface area contributed by atoms with E-state index in [2.05, 4.69) is 4.72 Å². The van der Waals surface area contributed by atoms with Crippen molar-refractivity contribution in [1.29, 1.82) is 0 Å². The van der Waals surface area contributed by atoms with Crippen LogP contribution in [0.3, 0.4) is 0 Å². The van der Waals surface area contributed by atoms with Crippen molar-refractivity contribution in [2.75, 3.05) is 20.3 Å². The Labute approximate surface area is 109 Å². The molecule has 1 unspecified atom stereocenters. The van der Waals surface area contributed by atoms with E-state index < -0.39 is 31.9 Å². The van der Waals surface area contributed by atoms with Crippen LogP contribution in [0.4, 0.5) is 8.78 Å². The first-order chi connectivity index (χ1) is 8.36. The van der Waals surface area contributed by atoms with Gasteiger partial charge in [0.1, 0.15) is 16.5 Å². The molecule has 0 fully saturated rings. The Kier molecular flexibility index (Phi) is 5.46. The summed E-state index contributed by atoms with van der Waals surface area (Å²) in [6.07, 6.45) is 0. The molecule has 0 bridgehead atoms. The molecule has 4 nitrogen and oxygen atoms in total. The van der Waals surface area contributed by atoms with Gasteiger partial charge in [-0.2, -0.15) is 0 Å². The molecule has 1 atom stereocenters. The van der Waals surface area contributed by atoms with Crippen molar-refractivity contribution in [3.8, 4) is 0 Å². The van der Waals surface area contributed by atoms with Crippen molar-refractivity contribution in [3.05, 3.63) is 29.8 Å². The Morgan fingerprint density at radius 3 is 2.67 bits per heavy atom. The molecule has 0 saturated carbocycles. The second kappa shape index (κ2) is 6.42. The Balaban J connectivity index is 2.80. The van der Waals surface area contributed by atoms with E-state index in [-0.39, 0.29) is 13.2 Å². The fraction of sp³-hybridized carbons (Fsp3) is 0.400. The molecule has 0 aliphatic rings. The smallest absolute Gasteiger partial charge is 0.243 e. The third-order valence-corrected chi connectivity index (χ3v) is 3.76. The fourth-order valence-electron chi connectivity index (χ4n) is 1.21. The number of rotatable bonds is 6. The molecule has 0 spiro atoms. The summed E-state index contributed by atoms with van der Waals surface area (Å²) >= 11 is 5.73. The highest BCUT2D eigenvalue weighted by molar-refractivity contribution is 7.89. The monoisotopic (exact) mass is 299 g/mol. The number of sulfonamides is 1. The van der Waals surface area contributed by atoms with Crippen LogP contribution in [-0.2, 0) is 14.8 Å². The maximum atomic E-state index is 13.3. The lowest BCUT2D eigenvalue weighted by atomic mass is 10.3. The van der Waals surface area contributed by atoms with E-state index in [9.17, 15) is 17.2 Å². The first-order valence-corrected chi connectivity index (χ1v) is 6.86. The van der Waals surface area contributed by atoms with E-state index in [1.54, 1.807) is 0 Å². The number of methoxy groups -OCH3 is 1. The Hall–Kier alpha value is -0.760. The lowest BCUT2D eigenvalue weighted by Gasteiger charge is -2.11. The molecule has 1 aromatic rings. The van der Waals surface area contributed by atoms with E-state index in [1.165, 1.54) is 7.11 Å². The molecular weight excluding hydrogens is 288 g/mol. The van der Waals surface area contributed by atoms with Crippen molar-refractivity contribution in [2.24, 2.45) is 0 Å². The summed E-state index contributed by atoms with van der Waals surface area (Å²) in [5.74, 6) is -2.00. The van der Waals surface area contributed by atoms with Gasteiger partial charge in [0.15, 0.2) is 0 Å². The standard InChI is InChI=1S/C10H12ClF2NO3S/c1-17-6-7(11)5-14-18(15,16)10-3-2-8(12)4-9(10)13/h2-4,7,14H,5-6H2,1H3. The van der Waals surface area contributed by atoms with Gasteiger partial charge in [0, 0.05) is 19.7 Å². The average Bonchev–Trinajstić information content (AvgIpc) is 2.26. The molecule has 1 rings (SSSR count). The maximum absolute atomic E-state index is 13.3. The minimum absolute atomic E-state index is 0.117. The first kappa shape index (κ1) is 15.3. The van der Waals surface area contributed by atoms with E-state index in [1.807, 2.05) is 0 Å². The van der Waals surface area contributed by atoms with Gasteiger partial charge in [-0.3, -0.25) is 0 Å². The molecule has 0 saturated heterocycles. The molecule has 1 aromatic carbocycles. The summed E-state index contributed by atoms with van der Waals surface area (Å²) in [6, 6.07) is 2.22. The van der Waals surface area contributed by atoms with Gasteiger partial charge in [-0.05, 0) is 12.1 Å². The molecular formula is C10H12ClF2NO3S. The van der Waals surface area contributed by atoms with Gasteiger partial charge in [-0.25, -0.2) is 21.9 Å². The zero-order chi connectivity index (χ0) is 13.8. The van der Waals surface area contributed by atoms with Crippen LogP contribution < -0.4 is 4.72 Å². The number of ether oxygens (including phenoxy) is 1. The number of halogens is 3. The quantitative estimate of drug-likeness (QED) is 0.810. The molecule has 0 aliphatic heterocycles. The van der Waals surface area contributed by atoms with Crippen LogP contribution >= 0.6 is 11.6 Å². The highest BCUT2D eigenvalue weighted by atomic mass is 35.5. The Morgan fingerprint density at radius 1 is 1.44 bits per heavy atom. The van der Waals surface area contributed by atoms with E-state index in [4.69, 9.17) is 16.3 Å². The van der Waals surface area contributed by atoms with Gasteiger partial charge < -0.3 is 4.74 Å². The van der Waals surface area contributed by atoms with E-state index >= 15 is 0 Å². The third-order valence-electron chi connectivity index (χ3n) is 2.03. The van der Waals surface area contributed by atoms with Crippen LogP contribution in [0.5, 0.6) is 0 Å². The fourth-order valence-corrected chi connectivity index (χ4v) is 2.64. The van der Waals surface area contributed by atoms with Crippen LogP contribution in [-0.4, -0.2) is 34.1 Å². The summed E-state index contributed by atoms with van der Waals surface area (Å²) < 4.78 is 56.2. The topological polar surface area (TPSA) is 55.4 Å². The summed E-state index contributed by atoms with van der Waals surface area (Å²) in [4.78, 5) is -0.620. The molecule has 18 heavy (non-hydrogen) atoms. The van der Waals surface area contributed by atoms with Crippen LogP contribution in [0, 0.1) is 11.6 Å². The lowest BCUT2D eigenvalue weighted by molar-refractivity contribution is 0.198. The predicted molar refractivity (Wildman–Crippen MR) is 63.1 cm³/mol. The number of nitrogens with one attached hydrogen (secondary N) is 1. The van der Waals surface area contributed by atoms with Gasteiger partial charge in [0.25, 0.3) is 0 Å². The molecule has 0 aliphatic carbocycles. The Bertz CT molecular complexity index is 510. The predicted octanol–water partition coefficient (Wildman–Crippen LogP) is 1.50.